The monoisotopic (exact) mass is 195 g/mol. The molecule has 0 aliphatic carbocycles. The maximum Gasteiger partial charge on any atom is 0.0596 e. The Bertz CT molecular complexity index is 278. The first-order valence-corrected chi connectivity index (χ1v) is 5.38. The Morgan fingerprint density at radius 1 is 1.57 bits per heavy atom. The smallest absolute Gasteiger partial charge is 0.0596 e. The van der Waals surface area contributed by atoms with Crippen LogP contribution in [0.2, 0.25) is 0 Å². The minimum absolute atomic E-state index is 0.365. The zero-order valence-corrected chi connectivity index (χ0v) is 9.45. The SMILES string of the molecule is CCC(N)CCCc1cc(C)nn1C. The minimum atomic E-state index is 0.365. The molecule has 0 aromatic carbocycles. The first kappa shape index (κ1) is 11.2. The molecule has 3 heteroatoms. The number of aromatic nitrogens is 2. The number of nitrogens with two attached hydrogens (primary N) is 1. The number of aryl methyl sites for hydroxylation is 3. The Hall–Kier alpha value is -0.830. The Morgan fingerprint density at radius 3 is 2.79 bits per heavy atom. The highest BCUT2D eigenvalue weighted by molar-refractivity contribution is 5.08. The lowest BCUT2D eigenvalue weighted by Gasteiger charge is -2.07. The molecule has 1 atom stereocenters. The van der Waals surface area contributed by atoms with E-state index in [0.717, 1.165) is 31.4 Å². The molecule has 0 saturated heterocycles. The fourth-order valence-corrected chi connectivity index (χ4v) is 1.65. The van der Waals surface area contributed by atoms with Crippen molar-refractivity contribution in [2.24, 2.45) is 12.8 Å². The summed E-state index contributed by atoms with van der Waals surface area (Å²) in [6.07, 6.45) is 4.43. The molecule has 1 aromatic heterocycles. The van der Waals surface area contributed by atoms with Crippen LogP contribution in [0, 0.1) is 6.92 Å². The molecule has 80 valence electrons. The van der Waals surface area contributed by atoms with E-state index < -0.39 is 0 Å². The number of rotatable bonds is 5. The standard InChI is InChI=1S/C11H21N3/c1-4-10(12)6-5-7-11-8-9(2)13-14(11)3/h8,10H,4-7,12H2,1-3H3. The van der Waals surface area contributed by atoms with Crippen molar-refractivity contribution in [1.29, 1.82) is 0 Å². The van der Waals surface area contributed by atoms with Gasteiger partial charge in [-0.2, -0.15) is 5.10 Å². The van der Waals surface area contributed by atoms with E-state index in [4.69, 9.17) is 5.73 Å². The highest BCUT2D eigenvalue weighted by Gasteiger charge is 2.03. The molecule has 1 heterocycles. The largest absolute Gasteiger partial charge is 0.328 e. The summed E-state index contributed by atoms with van der Waals surface area (Å²) < 4.78 is 1.97. The van der Waals surface area contributed by atoms with Gasteiger partial charge in [0.2, 0.25) is 0 Å². The second-order valence-corrected chi connectivity index (χ2v) is 3.96. The minimum Gasteiger partial charge on any atom is -0.328 e. The summed E-state index contributed by atoms with van der Waals surface area (Å²) in [4.78, 5) is 0. The molecule has 0 saturated carbocycles. The molecule has 1 aromatic rings. The molecule has 0 bridgehead atoms. The summed E-state index contributed by atoms with van der Waals surface area (Å²) in [7, 11) is 2.00. The van der Waals surface area contributed by atoms with Crippen LogP contribution in [0.5, 0.6) is 0 Å². The van der Waals surface area contributed by atoms with Crippen molar-refractivity contribution >= 4 is 0 Å². The van der Waals surface area contributed by atoms with Crippen LogP contribution in [0.15, 0.2) is 6.07 Å². The van der Waals surface area contributed by atoms with Crippen LogP contribution in [0.25, 0.3) is 0 Å². The van der Waals surface area contributed by atoms with E-state index >= 15 is 0 Å². The van der Waals surface area contributed by atoms with Crippen molar-refractivity contribution in [3.05, 3.63) is 17.5 Å². The fourth-order valence-electron chi connectivity index (χ4n) is 1.65. The zero-order valence-electron chi connectivity index (χ0n) is 9.45. The average Bonchev–Trinajstić information content (AvgIpc) is 2.45. The molecule has 0 radical (unpaired) electrons. The molecular weight excluding hydrogens is 174 g/mol. The fraction of sp³-hybridized carbons (Fsp3) is 0.727. The van der Waals surface area contributed by atoms with E-state index in [-0.39, 0.29) is 0 Å². The quantitative estimate of drug-likeness (QED) is 0.778. The Labute approximate surface area is 86.3 Å². The van der Waals surface area contributed by atoms with Crippen LogP contribution in [0.4, 0.5) is 0 Å². The van der Waals surface area contributed by atoms with Gasteiger partial charge in [-0.3, -0.25) is 4.68 Å². The van der Waals surface area contributed by atoms with E-state index in [2.05, 4.69) is 18.1 Å². The summed E-state index contributed by atoms with van der Waals surface area (Å²) in [5.41, 5.74) is 8.27. The maximum atomic E-state index is 5.86. The first-order valence-electron chi connectivity index (χ1n) is 5.38. The summed E-state index contributed by atoms with van der Waals surface area (Å²) in [6.45, 7) is 4.17. The molecule has 1 unspecified atom stereocenters. The summed E-state index contributed by atoms with van der Waals surface area (Å²) >= 11 is 0. The van der Waals surface area contributed by atoms with Crippen LogP contribution in [0.3, 0.4) is 0 Å². The lowest BCUT2D eigenvalue weighted by molar-refractivity contribution is 0.557. The van der Waals surface area contributed by atoms with E-state index in [9.17, 15) is 0 Å². The number of hydrogen-bond donors (Lipinski definition) is 1. The van der Waals surface area contributed by atoms with Gasteiger partial charge in [0.05, 0.1) is 5.69 Å². The lowest BCUT2D eigenvalue weighted by Crippen LogP contribution is -2.18. The van der Waals surface area contributed by atoms with Crippen molar-refractivity contribution in [3.63, 3.8) is 0 Å². The third kappa shape index (κ3) is 3.14. The van der Waals surface area contributed by atoms with Gasteiger partial charge in [-0.25, -0.2) is 0 Å². The molecule has 1 rings (SSSR count). The van der Waals surface area contributed by atoms with Crippen molar-refractivity contribution < 1.29 is 0 Å². The normalized spacial score (nSPS) is 13.1. The van der Waals surface area contributed by atoms with Gasteiger partial charge >= 0.3 is 0 Å². The summed E-state index contributed by atoms with van der Waals surface area (Å²) in [5.74, 6) is 0. The zero-order chi connectivity index (χ0) is 10.6. The van der Waals surface area contributed by atoms with E-state index in [1.54, 1.807) is 0 Å². The van der Waals surface area contributed by atoms with Gasteiger partial charge in [-0.15, -0.1) is 0 Å². The summed E-state index contributed by atoms with van der Waals surface area (Å²) in [6, 6.07) is 2.52. The van der Waals surface area contributed by atoms with Crippen molar-refractivity contribution in [2.45, 2.75) is 45.6 Å². The van der Waals surface area contributed by atoms with Crippen LogP contribution in [0.1, 0.15) is 37.6 Å². The second kappa shape index (κ2) is 5.15. The molecule has 0 fully saturated rings. The second-order valence-electron chi connectivity index (χ2n) is 3.96. The highest BCUT2D eigenvalue weighted by Crippen LogP contribution is 2.08. The van der Waals surface area contributed by atoms with Gasteiger partial charge in [-0.1, -0.05) is 6.92 Å². The van der Waals surface area contributed by atoms with Crippen molar-refractivity contribution in [3.8, 4) is 0 Å². The van der Waals surface area contributed by atoms with Gasteiger partial charge < -0.3 is 5.73 Å². The first-order chi connectivity index (χ1) is 6.63. The Kier molecular flexibility index (Phi) is 4.14. The van der Waals surface area contributed by atoms with Gasteiger partial charge in [-0.05, 0) is 38.7 Å². The Morgan fingerprint density at radius 2 is 2.29 bits per heavy atom. The number of nitrogens with zero attached hydrogens (tertiary/aromatic N) is 2. The van der Waals surface area contributed by atoms with Gasteiger partial charge in [0.1, 0.15) is 0 Å². The maximum absolute atomic E-state index is 5.86. The third-order valence-corrected chi connectivity index (χ3v) is 2.63. The van der Waals surface area contributed by atoms with E-state index in [1.807, 2.05) is 18.7 Å². The van der Waals surface area contributed by atoms with Crippen LogP contribution >= 0.6 is 0 Å². The van der Waals surface area contributed by atoms with Crippen molar-refractivity contribution in [2.75, 3.05) is 0 Å². The third-order valence-electron chi connectivity index (χ3n) is 2.63. The molecule has 0 aliphatic heterocycles. The molecular formula is C11H21N3. The molecule has 0 spiro atoms. The Balaban J connectivity index is 2.34. The predicted molar refractivity (Wildman–Crippen MR) is 59.1 cm³/mol. The molecule has 3 nitrogen and oxygen atoms in total. The van der Waals surface area contributed by atoms with Crippen molar-refractivity contribution in [1.82, 2.24) is 9.78 Å². The molecule has 14 heavy (non-hydrogen) atoms. The van der Waals surface area contributed by atoms with Gasteiger partial charge in [0.15, 0.2) is 0 Å². The van der Waals surface area contributed by atoms with Gasteiger partial charge in [0, 0.05) is 18.8 Å². The summed E-state index contributed by atoms with van der Waals surface area (Å²) in [5, 5.41) is 4.31. The van der Waals surface area contributed by atoms with Gasteiger partial charge in [0.25, 0.3) is 0 Å². The van der Waals surface area contributed by atoms with E-state index in [1.165, 1.54) is 5.69 Å². The number of hydrogen-bond acceptors (Lipinski definition) is 2. The molecule has 0 aliphatic rings. The molecule has 0 amide bonds. The molecule has 2 N–H and O–H groups in total. The highest BCUT2D eigenvalue weighted by atomic mass is 15.3. The van der Waals surface area contributed by atoms with Crippen LogP contribution in [-0.2, 0) is 13.5 Å². The van der Waals surface area contributed by atoms with Crippen LogP contribution < -0.4 is 5.73 Å². The average molecular weight is 195 g/mol. The lowest BCUT2D eigenvalue weighted by atomic mass is 10.1. The van der Waals surface area contributed by atoms with E-state index in [0.29, 0.717) is 6.04 Å². The predicted octanol–water partition coefficient (Wildman–Crippen LogP) is 1.79. The topological polar surface area (TPSA) is 43.8 Å². The van der Waals surface area contributed by atoms with Crippen LogP contribution in [-0.4, -0.2) is 15.8 Å².